The predicted octanol–water partition coefficient (Wildman–Crippen LogP) is 3.03. The Bertz CT molecular complexity index is 494. The van der Waals surface area contributed by atoms with E-state index in [1.165, 1.54) is 6.42 Å². The van der Waals surface area contributed by atoms with E-state index < -0.39 is 0 Å². The van der Waals surface area contributed by atoms with E-state index in [0.29, 0.717) is 12.3 Å². The SMILES string of the molecule is CCC(Oc1cccc(C)c1)C(=O)N1CCCC(CNC)C1.Cl. The Balaban J connectivity index is 0.00000264. The summed E-state index contributed by atoms with van der Waals surface area (Å²) >= 11 is 0. The van der Waals surface area contributed by atoms with Gasteiger partial charge in [0.1, 0.15) is 5.75 Å². The van der Waals surface area contributed by atoms with Crippen LogP contribution in [-0.4, -0.2) is 43.6 Å². The summed E-state index contributed by atoms with van der Waals surface area (Å²) in [6.07, 6.45) is 2.59. The number of ether oxygens (including phenoxy) is 1. The maximum atomic E-state index is 12.7. The summed E-state index contributed by atoms with van der Waals surface area (Å²) in [6.45, 7) is 6.70. The van der Waals surface area contributed by atoms with Gasteiger partial charge in [0, 0.05) is 13.1 Å². The molecule has 1 amide bonds. The smallest absolute Gasteiger partial charge is 0.263 e. The van der Waals surface area contributed by atoms with Gasteiger partial charge < -0.3 is 15.0 Å². The number of piperidine rings is 1. The Hall–Kier alpha value is -1.26. The largest absolute Gasteiger partial charge is 0.481 e. The molecule has 1 fully saturated rings. The summed E-state index contributed by atoms with van der Waals surface area (Å²) in [7, 11) is 1.97. The van der Waals surface area contributed by atoms with Crippen molar-refractivity contribution in [2.45, 2.75) is 39.2 Å². The fraction of sp³-hybridized carbons (Fsp3) is 0.611. The van der Waals surface area contributed by atoms with Crippen molar-refractivity contribution in [1.82, 2.24) is 10.2 Å². The molecular formula is C18H29ClN2O2. The molecule has 23 heavy (non-hydrogen) atoms. The molecular weight excluding hydrogens is 312 g/mol. The number of benzene rings is 1. The van der Waals surface area contributed by atoms with Crippen LogP contribution in [0.25, 0.3) is 0 Å². The van der Waals surface area contributed by atoms with Crippen molar-refractivity contribution in [3.05, 3.63) is 29.8 Å². The van der Waals surface area contributed by atoms with E-state index in [-0.39, 0.29) is 24.4 Å². The van der Waals surface area contributed by atoms with Crippen LogP contribution in [0.2, 0.25) is 0 Å². The van der Waals surface area contributed by atoms with Crippen LogP contribution in [0.15, 0.2) is 24.3 Å². The number of carbonyl (C=O) groups excluding carboxylic acids is 1. The minimum Gasteiger partial charge on any atom is -0.481 e. The zero-order valence-electron chi connectivity index (χ0n) is 14.4. The molecule has 1 heterocycles. The lowest BCUT2D eigenvalue weighted by Gasteiger charge is -2.34. The zero-order chi connectivity index (χ0) is 15.9. The Labute approximate surface area is 146 Å². The Morgan fingerprint density at radius 1 is 1.48 bits per heavy atom. The summed E-state index contributed by atoms with van der Waals surface area (Å²) in [5.41, 5.74) is 1.15. The summed E-state index contributed by atoms with van der Waals surface area (Å²) in [4.78, 5) is 14.7. The fourth-order valence-electron chi connectivity index (χ4n) is 3.09. The molecule has 1 aromatic carbocycles. The van der Waals surface area contributed by atoms with Gasteiger partial charge in [0.2, 0.25) is 0 Å². The number of hydrogen-bond donors (Lipinski definition) is 1. The van der Waals surface area contributed by atoms with Crippen molar-refractivity contribution in [3.8, 4) is 5.75 Å². The third kappa shape index (κ3) is 5.70. The van der Waals surface area contributed by atoms with Gasteiger partial charge in [-0.1, -0.05) is 19.1 Å². The van der Waals surface area contributed by atoms with Gasteiger partial charge >= 0.3 is 0 Å². The fourth-order valence-corrected chi connectivity index (χ4v) is 3.09. The highest BCUT2D eigenvalue weighted by molar-refractivity contribution is 5.85. The predicted molar refractivity (Wildman–Crippen MR) is 96.4 cm³/mol. The van der Waals surface area contributed by atoms with Crippen LogP contribution >= 0.6 is 12.4 Å². The van der Waals surface area contributed by atoms with Gasteiger partial charge in [0.25, 0.3) is 5.91 Å². The number of likely N-dealkylation sites (tertiary alicyclic amines) is 1. The van der Waals surface area contributed by atoms with Crippen molar-refractivity contribution in [3.63, 3.8) is 0 Å². The van der Waals surface area contributed by atoms with E-state index in [9.17, 15) is 4.79 Å². The molecule has 130 valence electrons. The number of halogens is 1. The van der Waals surface area contributed by atoms with Crippen LogP contribution in [0.1, 0.15) is 31.7 Å². The van der Waals surface area contributed by atoms with E-state index >= 15 is 0 Å². The van der Waals surface area contributed by atoms with Crippen LogP contribution in [0, 0.1) is 12.8 Å². The van der Waals surface area contributed by atoms with Crippen LogP contribution in [0.4, 0.5) is 0 Å². The van der Waals surface area contributed by atoms with E-state index in [1.54, 1.807) is 0 Å². The first kappa shape index (κ1) is 19.8. The lowest BCUT2D eigenvalue weighted by Crippen LogP contribution is -2.48. The molecule has 0 spiro atoms. The van der Waals surface area contributed by atoms with Crippen molar-refractivity contribution in [2.75, 3.05) is 26.7 Å². The monoisotopic (exact) mass is 340 g/mol. The van der Waals surface area contributed by atoms with Crippen molar-refractivity contribution >= 4 is 18.3 Å². The summed E-state index contributed by atoms with van der Waals surface area (Å²) < 4.78 is 5.95. The summed E-state index contributed by atoms with van der Waals surface area (Å²) in [5.74, 6) is 1.47. The molecule has 2 unspecified atom stereocenters. The van der Waals surface area contributed by atoms with Crippen LogP contribution in [0.5, 0.6) is 5.75 Å². The molecule has 1 aliphatic heterocycles. The number of hydrogen-bond acceptors (Lipinski definition) is 3. The Morgan fingerprint density at radius 2 is 2.26 bits per heavy atom. The Kier molecular flexibility index (Phi) is 8.42. The van der Waals surface area contributed by atoms with E-state index in [2.05, 4.69) is 5.32 Å². The molecule has 2 rings (SSSR count). The van der Waals surface area contributed by atoms with Crippen LogP contribution < -0.4 is 10.1 Å². The second kappa shape index (κ2) is 9.78. The first-order valence-corrected chi connectivity index (χ1v) is 8.30. The van der Waals surface area contributed by atoms with Gasteiger partial charge in [0.05, 0.1) is 0 Å². The average Bonchev–Trinajstić information content (AvgIpc) is 2.52. The molecule has 0 saturated carbocycles. The number of nitrogens with zero attached hydrogens (tertiary/aromatic N) is 1. The maximum absolute atomic E-state index is 12.7. The number of carbonyl (C=O) groups is 1. The molecule has 5 heteroatoms. The molecule has 0 aromatic heterocycles. The quantitative estimate of drug-likeness (QED) is 0.865. The van der Waals surface area contributed by atoms with E-state index in [4.69, 9.17) is 4.74 Å². The highest BCUT2D eigenvalue weighted by Crippen LogP contribution is 2.20. The van der Waals surface area contributed by atoms with E-state index in [0.717, 1.165) is 37.4 Å². The molecule has 1 N–H and O–H groups in total. The minimum atomic E-state index is -0.380. The number of rotatable bonds is 6. The second-order valence-electron chi connectivity index (χ2n) is 6.18. The lowest BCUT2D eigenvalue weighted by atomic mass is 9.97. The van der Waals surface area contributed by atoms with Crippen LogP contribution in [0.3, 0.4) is 0 Å². The minimum absolute atomic E-state index is 0. The standard InChI is InChI=1S/C18H28N2O2.ClH/c1-4-17(22-16-9-5-7-14(2)11-16)18(21)20-10-6-8-15(13-20)12-19-3;/h5,7,9,11,15,17,19H,4,6,8,10,12-13H2,1-3H3;1H. The molecule has 1 aromatic rings. The summed E-state index contributed by atoms with van der Waals surface area (Å²) in [6, 6.07) is 7.90. The average molecular weight is 341 g/mol. The zero-order valence-corrected chi connectivity index (χ0v) is 15.2. The van der Waals surface area contributed by atoms with Gasteiger partial charge in [-0.25, -0.2) is 0 Å². The number of aryl methyl sites for hydroxylation is 1. The van der Waals surface area contributed by atoms with Gasteiger partial charge in [-0.2, -0.15) is 0 Å². The Morgan fingerprint density at radius 3 is 2.91 bits per heavy atom. The first-order chi connectivity index (χ1) is 10.6. The van der Waals surface area contributed by atoms with Gasteiger partial charge in [-0.05, 0) is 63.4 Å². The molecule has 1 saturated heterocycles. The molecule has 0 aliphatic carbocycles. The molecule has 2 atom stereocenters. The molecule has 4 nitrogen and oxygen atoms in total. The van der Waals surface area contributed by atoms with Crippen LogP contribution in [-0.2, 0) is 4.79 Å². The molecule has 0 bridgehead atoms. The second-order valence-corrected chi connectivity index (χ2v) is 6.18. The first-order valence-electron chi connectivity index (χ1n) is 8.30. The highest BCUT2D eigenvalue weighted by atomic mass is 35.5. The highest BCUT2D eigenvalue weighted by Gasteiger charge is 2.29. The van der Waals surface area contributed by atoms with Gasteiger partial charge in [-0.15, -0.1) is 12.4 Å². The number of amides is 1. The normalized spacial score (nSPS) is 18.9. The third-order valence-electron chi connectivity index (χ3n) is 4.24. The number of nitrogens with one attached hydrogen (secondary N) is 1. The topological polar surface area (TPSA) is 41.6 Å². The van der Waals surface area contributed by atoms with Gasteiger partial charge in [0.15, 0.2) is 6.10 Å². The van der Waals surface area contributed by atoms with Crippen molar-refractivity contribution < 1.29 is 9.53 Å². The maximum Gasteiger partial charge on any atom is 0.263 e. The summed E-state index contributed by atoms with van der Waals surface area (Å²) in [5, 5.41) is 3.22. The van der Waals surface area contributed by atoms with Gasteiger partial charge in [-0.3, -0.25) is 4.79 Å². The van der Waals surface area contributed by atoms with E-state index in [1.807, 2.05) is 50.1 Å². The van der Waals surface area contributed by atoms with Crippen molar-refractivity contribution in [1.29, 1.82) is 0 Å². The van der Waals surface area contributed by atoms with Crippen molar-refractivity contribution in [2.24, 2.45) is 5.92 Å². The molecule has 1 aliphatic rings. The lowest BCUT2D eigenvalue weighted by molar-refractivity contribution is -0.140. The third-order valence-corrected chi connectivity index (χ3v) is 4.24. The molecule has 0 radical (unpaired) electrons.